The van der Waals surface area contributed by atoms with Crippen LogP contribution in [0.1, 0.15) is 24.7 Å². The summed E-state index contributed by atoms with van der Waals surface area (Å²) in [6.07, 6.45) is 1.95. The van der Waals surface area contributed by atoms with Gasteiger partial charge < -0.3 is 14.6 Å². The Kier molecular flexibility index (Phi) is 6.61. The van der Waals surface area contributed by atoms with Crippen molar-refractivity contribution in [3.63, 3.8) is 0 Å². The van der Waals surface area contributed by atoms with Crippen LogP contribution in [0.2, 0.25) is 10.0 Å². The van der Waals surface area contributed by atoms with Gasteiger partial charge in [0.1, 0.15) is 5.76 Å². The summed E-state index contributed by atoms with van der Waals surface area (Å²) in [5.74, 6) is -0.363. The van der Waals surface area contributed by atoms with E-state index in [-0.39, 0.29) is 5.82 Å². The van der Waals surface area contributed by atoms with Gasteiger partial charge in [-0.3, -0.25) is 4.79 Å². The first-order valence-electron chi connectivity index (χ1n) is 7.47. The first-order valence-corrected chi connectivity index (χ1v) is 8.23. The van der Waals surface area contributed by atoms with Crippen molar-refractivity contribution in [1.29, 1.82) is 0 Å². The lowest BCUT2D eigenvalue weighted by atomic mass is 10.2. The molecule has 1 N–H and O–H groups in total. The Bertz CT molecular complexity index is 781. The molecule has 2 rings (SSSR count). The van der Waals surface area contributed by atoms with Gasteiger partial charge in [-0.05, 0) is 31.6 Å². The molecule has 0 saturated heterocycles. The molecule has 1 atom stereocenters. The van der Waals surface area contributed by atoms with Gasteiger partial charge in [0, 0.05) is 27.8 Å². The van der Waals surface area contributed by atoms with Gasteiger partial charge in [0.25, 0.3) is 5.91 Å². The topological polar surface area (TPSA) is 81.4 Å². The van der Waals surface area contributed by atoms with Gasteiger partial charge in [-0.2, -0.15) is 0 Å². The van der Waals surface area contributed by atoms with Crippen LogP contribution < -0.4 is 5.32 Å². The van der Waals surface area contributed by atoms with Crippen LogP contribution in [0.3, 0.4) is 0 Å². The number of hydrogen-bond donors (Lipinski definition) is 1. The molecule has 1 amide bonds. The van der Waals surface area contributed by atoms with E-state index in [0.717, 1.165) is 0 Å². The zero-order chi connectivity index (χ0) is 18.4. The molecule has 132 valence electrons. The summed E-state index contributed by atoms with van der Waals surface area (Å²) in [5, 5.41) is 6.99. The van der Waals surface area contributed by atoms with Crippen molar-refractivity contribution < 1.29 is 18.8 Å². The summed E-state index contributed by atoms with van der Waals surface area (Å²) in [7, 11) is 0. The van der Waals surface area contributed by atoms with Crippen molar-refractivity contribution in [1.82, 2.24) is 5.16 Å². The zero-order valence-electron chi connectivity index (χ0n) is 13.6. The number of carbonyl (C=O) groups is 2. The standard InChI is InChI=1S/C17H16Cl2N2O4/c1-3-14(17(23)20-15-9-10(2)25-21-15)24-16(22)8-7-11-12(18)5-4-6-13(11)19/h4-9,14H,3H2,1-2H3,(H,20,21,23)/b8-7+. The molecule has 0 aliphatic heterocycles. The summed E-state index contributed by atoms with van der Waals surface area (Å²) in [6.45, 7) is 3.42. The number of carbonyl (C=O) groups excluding carboxylic acids is 2. The Morgan fingerprint density at radius 2 is 2.04 bits per heavy atom. The highest BCUT2D eigenvalue weighted by molar-refractivity contribution is 6.37. The minimum Gasteiger partial charge on any atom is -0.449 e. The molecule has 2 aromatic rings. The Balaban J connectivity index is 1.99. The third-order valence-corrected chi connectivity index (χ3v) is 3.85. The number of aromatic nitrogens is 1. The third kappa shape index (κ3) is 5.34. The number of rotatable bonds is 6. The monoisotopic (exact) mass is 382 g/mol. The van der Waals surface area contributed by atoms with Gasteiger partial charge in [-0.1, -0.05) is 41.3 Å². The Labute approximate surface area is 154 Å². The molecule has 0 spiro atoms. The number of halogens is 2. The van der Waals surface area contributed by atoms with Gasteiger partial charge in [-0.15, -0.1) is 0 Å². The predicted octanol–water partition coefficient (Wildman–Crippen LogP) is 4.26. The van der Waals surface area contributed by atoms with Gasteiger partial charge in [0.2, 0.25) is 0 Å². The molecule has 0 aliphatic carbocycles. The van der Waals surface area contributed by atoms with Crippen molar-refractivity contribution in [2.45, 2.75) is 26.4 Å². The smallest absolute Gasteiger partial charge is 0.331 e. The fraction of sp³-hybridized carbons (Fsp3) is 0.235. The van der Waals surface area contributed by atoms with Crippen molar-refractivity contribution in [3.05, 3.63) is 51.7 Å². The van der Waals surface area contributed by atoms with Gasteiger partial charge in [0.15, 0.2) is 11.9 Å². The molecule has 25 heavy (non-hydrogen) atoms. The second-order valence-electron chi connectivity index (χ2n) is 5.11. The highest BCUT2D eigenvalue weighted by atomic mass is 35.5. The van der Waals surface area contributed by atoms with E-state index in [1.165, 1.54) is 12.2 Å². The summed E-state index contributed by atoms with van der Waals surface area (Å²) in [5.41, 5.74) is 0.498. The van der Waals surface area contributed by atoms with E-state index < -0.39 is 18.0 Å². The normalized spacial score (nSPS) is 12.2. The van der Waals surface area contributed by atoms with E-state index in [1.807, 2.05) is 0 Å². The maximum Gasteiger partial charge on any atom is 0.331 e. The number of nitrogens with zero attached hydrogens (tertiary/aromatic N) is 1. The molecule has 0 saturated carbocycles. The van der Waals surface area contributed by atoms with Gasteiger partial charge in [-0.25, -0.2) is 4.79 Å². The lowest BCUT2D eigenvalue weighted by molar-refractivity contribution is -0.149. The predicted molar refractivity (Wildman–Crippen MR) is 95.5 cm³/mol. The number of benzene rings is 1. The number of hydrogen-bond acceptors (Lipinski definition) is 5. The van der Waals surface area contributed by atoms with E-state index in [4.69, 9.17) is 32.5 Å². The summed E-state index contributed by atoms with van der Waals surface area (Å²) in [6, 6.07) is 6.57. The lowest BCUT2D eigenvalue weighted by Gasteiger charge is -2.13. The van der Waals surface area contributed by atoms with Crippen molar-refractivity contribution >= 4 is 47.0 Å². The molecular formula is C17H16Cl2N2O4. The van der Waals surface area contributed by atoms with Crippen LogP contribution in [0.4, 0.5) is 5.82 Å². The van der Waals surface area contributed by atoms with Crippen LogP contribution in [0, 0.1) is 6.92 Å². The molecule has 0 radical (unpaired) electrons. The maximum absolute atomic E-state index is 12.1. The van der Waals surface area contributed by atoms with Gasteiger partial charge in [0.05, 0.1) is 0 Å². The minimum atomic E-state index is -0.962. The molecule has 1 unspecified atom stereocenters. The first kappa shape index (κ1) is 19.0. The van der Waals surface area contributed by atoms with Crippen LogP contribution in [0.5, 0.6) is 0 Å². The van der Waals surface area contributed by atoms with Crippen LogP contribution in [0.15, 0.2) is 34.9 Å². The minimum absolute atomic E-state index is 0.260. The Morgan fingerprint density at radius 3 is 2.60 bits per heavy atom. The van der Waals surface area contributed by atoms with Crippen LogP contribution in [-0.4, -0.2) is 23.1 Å². The number of ether oxygens (including phenoxy) is 1. The first-order chi connectivity index (χ1) is 11.9. The zero-order valence-corrected chi connectivity index (χ0v) is 15.1. The third-order valence-electron chi connectivity index (χ3n) is 3.19. The molecule has 6 nitrogen and oxygen atoms in total. The molecule has 1 heterocycles. The number of amides is 1. The number of nitrogens with one attached hydrogen (secondary N) is 1. The van der Waals surface area contributed by atoms with Crippen LogP contribution in [0.25, 0.3) is 6.08 Å². The Hall–Kier alpha value is -2.31. The lowest BCUT2D eigenvalue weighted by Crippen LogP contribution is -2.31. The highest BCUT2D eigenvalue weighted by Crippen LogP contribution is 2.25. The van der Waals surface area contributed by atoms with E-state index in [1.54, 1.807) is 38.1 Å². The molecule has 0 bridgehead atoms. The van der Waals surface area contributed by atoms with Crippen molar-refractivity contribution in [2.75, 3.05) is 5.32 Å². The quantitative estimate of drug-likeness (QED) is 0.595. The second kappa shape index (κ2) is 8.69. The number of aryl methyl sites for hydroxylation is 1. The van der Waals surface area contributed by atoms with Crippen LogP contribution in [-0.2, 0) is 14.3 Å². The highest BCUT2D eigenvalue weighted by Gasteiger charge is 2.21. The largest absolute Gasteiger partial charge is 0.449 e. The van der Waals surface area contributed by atoms with E-state index in [9.17, 15) is 9.59 Å². The number of esters is 1. The molecule has 0 aliphatic rings. The molecule has 1 aromatic heterocycles. The molecule has 1 aromatic carbocycles. The van der Waals surface area contributed by atoms with Gasteiger partial charge >= 0.3 is 5.97 Å². The Morgan fingerprint density at radius 1 is 1.36 bits per heavy atom. The molecule has 8 heteroatoms. The SMILES string of the molecule is CCC(OC(=O)/C=C/c1c(Cl)cccc1Cl)C(=O)Nc1cc(C)on1. The van der Waals surface area contributed by atoms with Crippen molar-refractivity contribution in [3.8, 4) is 0 Å². The average Bonchev–Trinajstić information content (AvgIpc) is 2.97. The summed E-state index contributed by atoms with van der Waals surface area (Å²) >= 11 is 12.0. The summed E-state index contributed by atoms with van der Waals surface area (Å²) < 4.78 is 10.0. The fourth-order valence-corrected chi connectivity index (χ4v) is 2.48. The van der Waals surface area contributed by atoms with E-state index in [0.29, 0.717) is 27.8 Å². The summed E-state index contributed by atoms with van der Waals surface area (Å²) in [4.78, 5) is 24.1. The van der Waals surface area contributed by atoms with Crippen LogP contribution >= 0.6 is 23.2 Å². The van der Waals surface area contributed by atoms with E-state index >= 15 is 0 Å². The second-order valence-corrected chi connectivity index (χ2v) is 5.93. The average molecular weight is 383 g/mol. The molecule has 0 fully saturated rings. The number of anilines is 1. The van der Waals surface area contributed by atoms with E-state index in [2.05, 4.69) is 10.5 Å². The molecular weight excluding hydrogens is 367 g/mol. The maximum atomic E-state index is 12.1. The van der Waals surface area contributed by atoms with Crippen molar-refractivity contribution in [2.24, 2.45) is 0 Å². The fourth-order valence-electron chi connectivity index (χ4n) is 1.96.